The molecule has 0 bridgehead atoms. The quantitative estimate of drug-likeness (QED) is 0.469. The zero-order valence-corrected chi connectivity index (χ0v) is 14.3. The third-order valence-electron chi connectivity index (χ3n) is 4.72. The lowest BCUT2D eigenvalue weighted by molar-refractivity contribution is -0.384. The highest BCUT2D eigenvalue weighted by atomic mass is 16.6. The van der Waals surface area contributed by atoms with Gasteiger partial charge in [-0.05, 0) is 37.1 Å². The summed E-state index contributed by atoms with van der Waals surface area (Å²) in [6.45, 7) is 0. The Morgan fingerprint density at radius 1 is 0.846 bits per heavy atom. The number of nitro groups is 1. The SMILES string of the molecule is O=C(c1ccccc1)N(C(=O)c1ccc([N+](=O)[O-])cc1)C1CCCCC1. The van der Waals surface area contributed by atoms with E-state index in [0.29, 0.717) is 5.56 Å². The molecule has 0 unspecified atom stereocenters. The third-order valence-corrected chi connectivity index (χ3v) is 4.72. The van der Waals surface area contributed by atoms with Gasteiger partial charge in [-0.3, -0.25) is 24.6 Å². The molecule has 2 aromatic carbocycles. The van der Waals surface area contributed by atoms with E-state index in [4.69, 9.17) is 0 Å². The van der Waals surface area contributed by atoms with Crippen molar-refractivity contribution < 1.29 is 14.5 Å². The van der Waals surface area contributed by atoms with Crippen LogP contribution in [0.5, 0.6) is 0 Å². The second-order valence-corrected chi connectivity index (χ2v) is 6.44. The molecule has 0 radical (unpaired) electrons. The Labute approximate surface area is 151 Å². The predicted molar refractivity (Wildman–Crippen MR) is 96.9 cm³/mol. The summed E-state index contributed by atoms with van der Waals surface area (Å²) in [5, 5.41) is 10.8. The molecule has 1 aliphatic rings. The molecule has 1 saturated carbocycles. The molecule has 0 N–H and O–H groups in total. The Kier molecular flexibility index (Phi) is 5.41. The van der Waals surface area contributed by atoms with Crippen molar-refractivity contribution in [1.29, 1.82) is 0 Å². The molecule has 3 rings (SSSR count). The van der Waals surface area contributed by atoms with Crippen LogP contribution in [-0.4, -0.2) is 27.7 Å². The van der Waals surface area contributed by atoms with E-state index in [9.17, 15) is 19.7 Å². The fourth-order valence-electron chi connectivity index (χ4n) is 3.35. The lowest BCUT2D eigenvalue weighted by atomic mass is 9.93. The largest absolute Gasteiger partial charge is 0.271 e. The summed E-state index contributed by atoms with van der Waals surface area (Å²) >= 11 is 0. The predicted octanol–water partition coefficient (Wildman–Crippen LogP) is 4.21. The molecule has 0 spiro atoms. The lowest BCUT2D eigenvalue weighted by Crippen LogP contribution is -2.45. The molecule has 0 heterocycles. The Balaban J connectivity index is 1.92. The topological polar surface area (TPSA) is 80.5 Å². The van der Waals surface area contributed by atoms with Gasteiger partial charge in [0.05, 0.1) is 4.92 Å². The van der Waals surface area contributed by atoms with Crippen LogP contribution in [-0.2, 0) is 0 Å². The number of imide groups is 1. The van der Waals surface area contributed by atoms with Gasteiger partial charge in [-0.25, -0.2) is 0 Å². The highest BCUT2D eigenvalue weighted by molar-refractivity contribution is 6.10. The van der Waals surface area contributed by atoms with Crippen molar-refractivity contribution in [2.45, 2.75) is 38.1 Å². The van der Waals surface area contributed by atoms with Gasteiger partial charge in [0.2, 0.25) is 0 Å². The van der Waals surface area contributed by atoms with Gasteiger partial charge in [-0.2, -0.15) is 0 Å². The minimum atomic E-state index is -0.512. The summed E-state index contributed by atoms with van der Waals surface area (Å²) in [4.78, 5) is 37.8. The van der Waals surface area contributed by atoms with Gasteiger partial charge in [-0.15, -0.1) is 0 Å². The summed E-state index contributed by atoms with van der Waals surface area (Å²) in [6, 6.07) is 14.0. The van der Waals surface area contributed by atoms with Crippen molar-refractivity contribution in [2.75, 3.05) is 0 Å². The van der Waals surface area contributed by atoms with Crippen LogP contribution in [0.2, 0.25) is 0 Å². The van der Waals surface area contributed by atoms with Crippen molar-refractivity contribution >= 4 is 17.5 Å². The van der Waals surface area contributed by atoms with Crippen molar-refractivity contribution in [3.63, 3.8) is 0 Å². The molecule has 1 aliphatic carbocycles. The average Bonchev–Trinajstić information content (AvgIpc) is 2.69. The minimum absolute atomic E-state index is 0.0832. The number of benzene rings is 2. The van der Waals surface area contributed by atoms with Gasteiger partial charge in [0.1, 0.15) is 0 Å². The first-order valence-electron chi connectivity index (χ1n) is 8.75. The van der Waals surface area contributed by atoms with E-state index in [1.807, 2.05) is 6.07 Å². The van der Waals surface area contributed by atoms with Gasteiger partial charge in [0.25, 0.3) is 17.5 Å². The van der Waals surface area contributed by atoms with Gasteiger partial charge < -0.3 is 0 Å². The lowest BCUT2D eigenvalue weighted by Gasteiger charge is -2.33. The van der Waals surface area contributed by atoms with Crippen molar-refractivity contribution in [3.8, 4) is 0 Å². The summed E-state index contributed by atoms with van der Waals surface area (Å²) in [5.41, 5.74) is 0.666. The minimum Gasteiger partial charge on any atom is -0.271 e. The molecule has 2 aromatic rings. The van der Waals surface area contributed by atoms with Crippen LogP contribution in [0.25, 0.3) is 0 Å². The number of hydrogen-bond acceptors (Lipinski definition) is 4. The maximum Gasteiger partial charge on any atom is 0.269 e. The summed E-state index contributed by atoms with van der Waals surface area (Å²) in [6.07, 6.45) is 4.65. The molecule has 26 heavy (non-hydrogen) atoms. The van der Waals surface area contributed by atoms with Crippen LogP contribution < -0.4 is 0 Å². The average molecular weight is 352 g/mol. The van der Waals surface area contributed by atoms with Crippen LogP contribution in [0.15, 0.2) is 54.6 Å². The van der Waals surface area contributed by atoms with Gasteiger partial charge in [0.15, 0.2) is 0 Å². The summed E-state index contributed by atoms with van der Waals surface area (Å²) in [5.74, 6) is -0.721. The normalized spacial score (nSPS) is 14.6. The van der Waals surface area contributed by atoms with E-state index in [1.54, 1.807) is 24.3 Å². The number of carbonyl (C=O) groups excluding carboxylic acids is 2. The number of nitrogens with zero attached hydrogens (tertiary/aromatic N) is 2. The summed E-state index contributed by atoms with van der Waals surface area (Å²) < 4.78 is 0. The molecular weight excluding hydrogens is 332 g/mol. The molecule has 0 atom stereocenters. The molecule has 6 nitrogen and oxygen atoms in total. The van der Waals surface area contributed by atoms with Gasteiger partial charge in [-0.1, -0.05) is 37.5 Å². The molecule has 2 amide bonds. The standard InChI is InChI=1S/C20H20N2O4/c23-19(15-7-3-1-4-8-15)21(17-9-5-2-6-10-17)20(24)16-11-13-18(14-12-16)22(25)26/h1,3-4,7-8,11-14,17H,2,5-6,9-10H2. The maximum absolute atomic E-state index is 13.1. The molecule has 0 saturated heterocycles. The molecule has 0 aromatic heterocycles. The number of nitro benzene ring substituents is 1. The van der Waals surface area contributed by atoms with E-state index in [2.05, 4.69) is 0 Å². The number of non-ortho nitro benzene ring substituents is 1. The highest BCUT2D eigenvalue weighted by Gasteiger charge is 2.32. The monoisotopic (exact) mass is 352 g/mol. The second-order valence-electron chi connectivity index (χ2n) is 6.44. The van der Waals surface area contributed by atoms with Crippen LogP contribution in [0, 0.1) is 10.1 Å². The molecule has 0 aliphatic heterocycles. The number of amides is 2. The van der Waals surface area contributed by atoms with E-state index in [-0.39, 0.29) is 23.2 Å². The Morgan fingerprint density at radius 3 is 1.92 bits per heavy atom. The zero-order valence-electron chi connectivity index (χ0n) is 14.3. The number of carbonyl (C=O) groups is 2. The van der Waals surface area contributed by atoms with Crippen LogP contribution in [0.1, 0.15) is 52.8 Å². The molecule has 6 heteroatoms. The molecule has 1 fully saturated rings. The van der Waals surface area contributed by atoms with Crippen molar-refractivity contribution in [1.82, 2.24) is 4.90 Å². The zero-order chi connectivity index (χ0) is 18.5. The van der Waals surface area contributed by atoms with E-state index in [1.165, 1.54) is 29.2 Å². The first kappa shape index (κ1) is 17.8. The maximum atomic E-state index is 13.1. The Morgan fingerprint density at radius 2 is 1.38 bits per heavy atom. The summed E-state index contributed by atoms with van der Waals surface area (Å²) in [7, 11) is 0. The first-order chi connectivity index (χ1) is 12.6. The van der Waals surface area contributed by atoms with E-state index >= 15 is 0 Å². The van der Waals surface area contributed by atoms with Crippen LogP contribution in [0.3, 0.4) is 0 Å². The second kappa shape index (κ2) is 7.91. The first-order valence-corrected chi connectivity index (χ1v) is 8.75. The van der Waals surface area contributed by atoms with E-state index in [0.717, 1.165) is 32.1 Å². The smallest absolute Gasteiger partial charge is 0.269 e. The van der Waals surface area contributed by atoms with Gasteiger partial charge in [0, 0.05) is 29.3 Å². The van der Waals surface area contributed by atoms with Gasteiger partial charge >= 0.3 is 0 Å². The highest BCUT2D eigenvalue weighted by Crippen LogP contribution is 2.26. The fraction of sp³-hybridized carbons (Fsp3) is 0.300. The Bertz CT molecular complexity index is 796. The van der Waals surface area contributed by atoms with Crippen molar-refractivity contribution in [2.24, 2.45) is 0 Å². The number of hydrogen-bond donors (Lipinski definition) is 0. The fourth-order valence-corrected chi connectivity index (χ4v) is 3.35. The van der Waals surface area contributed by atoms with Crippen LogP contribution >= 0.6 is 0 Å². The third kappa shape index (κ3) is 3.79. The van der Waals surface area contributed by atoms with Crippen molar-refractivity contribution in [3.05, 3.63) is 75.8 Å². The number of rotatable bonds is 4. The van der Waals surface area contributed by atoms with E-state index < -0.39 is 10.8 Å². The molecular formula is C20H20N2O4. The molecule has 134 valence electrons. The van der Waals surface area contributed by atoms with Crippen LogP contribution in [0.4, 0.5) is 5.69 Å². The Hall–Kier alpha value is -3.02.